The van der Waals surface area contributed by atoms with Gasteiger partial charge in [0.25, 0.3) is 0 Å². The summed E-state index contributed by atoms with van der Waals surface area (Å²) in [6.45, 7) is 4.68. The second-order valence-electron chi connectivity index (χ2n) is 6.93. The molecule has 6 heteroatoms. The van der Waals surface area contributed by atoms with Gasteiger partial charge in [0.05, 0.1) is 38.4 Å². The molecule has 1 saturated heterocycles. The first kappa shape index (κ1) is 20.0. The molecule has 0 aliphatic carbocycles. The quantitative estimate of drug-likeness (QED) is 0.661. The van der Waals surface area contributed by atoms with Crippen LogP contribution >= 0.6 is 0 Å². The Balaban J connectivity index is 1.65. The van der Waals surface area contributed by atoms with Crippen molar-refractivity contribution < 1.29 is 13.9 Å². The van der Waals surface area contributed by atoms with Crippen LogP contribution in [0.25, 0.3) is 0 Å². The van der Waals surface area contributed by atoms with E-state index in [9.17, 15) is 4.79 Å². The van der Waals surface area contributed by atoms with Gasteiger partial charge in [0.1, 0.15) is 11.5 Å². The lowest BCUT2D eigenvalue weighted by molar-refractivity contribution is -0.133. The van der Waals surface area contributed by atoms with E-state index in [1.54, 1.807) is 11.2 Å². The Morgan fingerprint density at radius 2 is 2.18 bits per heavy atom. The summed E-state index contributed by atoms with van der Waals surface area (Å²) >= 11 is 0. The molecule has 1 atom stereocenters. The van der Waals surface area contributed by atoms with Gasteiger partial charge in [-0.3, -0.25) is 9.69 Å². The zero-order valence-corrected chi connectivity index (χ0v) is 16.3. The summed E-state index contributed by atoms with van der Waals surface area (Å²) in [5, 5.41) is 8.93. The number of likely N-dealkylation sites (tertiary alicyclic amines) is 1. The summed E-state index contributed by atoms with van der Waals surface area (Å²) in [4.78, 5) is 16.9. The molecule has 1 aliphatic heterocycles. The molecule has 1 fully saturated rings. The SMILES string of the molecule is CCOc1ccc([C@H]2CCCN2CC(=O)N(CCC#N)Cc2ccco2)cc1. The average Bonchev–Trinajstić information content (AvgIpc) is 3.38. The van der Waals surface area contributed by atoms with Crippen LogP contribution < -0.4 is 4.74 Å². The van der Waals surface area contributed by atoms with Crippen molar-refractivity contribution in [1.82, 2.24) is 9.80 Å². The second kappa shape index (κ2) is 9.95. The van der Waals surface area contributed by atoms with Crippen molar-refractivity contribution in [3.05, 3.63) is 54.0 Å². The predicted molar refractivity (Wildman–Crippen MR) is 106 cm³/mol. The number of benzene rings is 1. The minimum Gasteiger partial charge on any atom is -0.494 e. The Hall–Kier alpha value is -2.78. The normalized spacial score (nSPS) is 16.6. The van der Waals surface area contributed by atoms with Crippen LogP contribution in [0, 0.1) is 11.3 Å². The van der Waals surface area contributed by atoms with Crippen LogP contribution in [0.5, 0.6) is 5.75 Å². The number of hydrogen-bond donors (Lipinski definition) is 0. The topological polar surface area (TPSA) is 69.7 Å². The Morgan fingerprint density at radius 3 is 2.86 bits per heavy atom. The van der Waals surface area contributed by atoms with Gasteiger partial charge in [-0.2, -0.15) is 5.26 Å². The number of rotatable bonds is 9. The van der Waals surface area contributed by atoms with E-state index in [-0.39, 0.29) is 11.9 Å². The zero-order valence-electron chi connectivity index (χ0n) is 16.3. The van der Waals surface area contributed by atoms with Crippen molar-refractivity contribution in [3.8, 4) is 11.8 Å². The first-order valence-corrected chi connectivity index (χ1v) is 9.85. The molecule has 1 aliphatic rings. The number of nitrogens with zero attached hydrogens (tertiary/aromatic N) is 3. The van der Waals surface area contributed by atoms with Crippen molar-refractivity contribution >= 4 is 5.91 Å². The van der Waals surface area contributed by atoms with E-state index in [1.807, 2.05) is 31.2 Å². The fourth-order valence-corrected chi connectivity index (χ4v) is 3.69. The molecule has 1 amide bonds. The number of amides is 1. The molecule has 1 aromatic carbocycles. The first-order valence-electron chi connectivity index (χ1n) is 9.85. The minimum atomic E-state index is 0.0319. The van der Waals surface area contributed by atoms with E-state index in [0.717, 1.165) is 30.9 Å². The van der Waals surface area contributed by atoms with Gasteiger partial charge >= 0.3 is 0 Å². The highest BCUT2D eigenvalue weighted by Crippen LogP contribution is 2.32. The third-order valence-corrected chi connectivity index (χ3v) is 5.05. The van der Waals surface area contributed by atoms with Gasteiger partial charge in [-0.1, -0.05) is 12.1 Å². The van der Waals surface area contributed by atoms with E-state index in [0.29, 0.717) is 32.7 Å². The van der Waals surface area contributed by atoms with Crippen molar-refractivity contribution in [2.75, 3.05) is 26.2 Å². The molecule has 28 heavy (non-hydrogen) atoms. The van der Waals surface area contributed by atoms with E-state index in [4.69, 9.17) is 14.4 Å². The summed E-state index contributed by atoms with van der Waals surface area (Å²) in [6, 6.07) is 14.2. The average molecular weight is 381 g/mol. The van der Waals surface area contributed by atoms with Gasteiger partial charge in [-0.25, -0.2) is 0 Å². The third kappa shape index (κ3) is 5.14. The molecule has 6 nitrogen and oxygen atoms in total. The third-order valence-electron chi connectivity index (χ3n) is 5.05. The molecule has 0 bridgehead atoms. The Morgan fingerprint density at radius 1 is 1.36 bits per heavy atom. The van der Waals surface area contributed by atoms with Crippen molar-refractivity contribution in [2.24, 2.45) is 0 Å². The van der Waals surface area contributed by atoms with E-state index >= 15 is 0 Å². The van der Waals surface area contributed by atoms with Gasteiger partial charge < -0.3 is 14.1 Å². The molecule has 0 N–H and O–H groups in total. The molecular weight excluding hydrogens is 354 g/mol. The molecule has 0 radical (unpaired) electrons. The Kier molecular flexibility index (Phi) is 7.10. The predicted octanol–water partition coefficient (Wildman–Crippen LogP) is 3.76. The lowest BCUT2D eigenvalue weighted by atomic mass is 10.0. The standard InChI is InChI=1S/C22H27N3O3/c1-2-27-19-10-8-18(9-11-19)21-7-3-13-24(21)17-22(26)25(14-5-12-23)16-20-6-4-15-28-20/h4,6,8-11,15,21H,2-3,5,7,13-14,16-17H2,1H3/t21-/m1/s1. The molecular formula is C22H27N3O3. The van der Waals surface area contributed by atoms with Crippen LogP contribution in [0.3, 0.4) is 0 Å². The minimum absolute atomic E-state index is 0.0319. The highest BCUT2D eigenvalue weighted by molar-refractivity contribution is 5.78. The number of nitriles is 1. The molecule has 1 aromatic heterocycles. The van der Waals surface area contributed by atoms with E-state index in [1.165, 1.54) is 5.56 Å². The van der Waals surface area contributed by atoms with Gasteiger partial charge in [-0.05, 0) is 56.1 Å². The molecule has 148 valence electrons. The second-order valence-corrected chi connectivity index (χ2v) is 6.93. The maximum Gasteiger partial charge on any atom is 0.237 e. The zero-order chi connectivity index (χ0) is 19.8. The van der Waals surface area contributed by atoms with Crippen LogP contribution in [0.15, 0.2) is 47.1 Å². The maximum atomic E-state index is 13.0. The fourth-order valence-electron chi connectivity index (χ4n) is 3.69. The van der Waals surface area contributed by atoms with Crippen LogP contribution in [0.1, 0.15) is 43.6 Å². The lowest BCUT2D eigenvalue weighted by Crippen LogP contribution is -2.40. The summed E-state index contributed by atoms with van der Waals surface area (Å²) in [5.41, 5.74) is 1.21. The number of hydrogen-bond acceptors (Lipinski definition) is 5. The van der Waals surface area contributed by atoms with Crippen molar-refractivity contribution in [2.45, 2.75) is 38.8 Å². The largest absolute Gasteiger partial charge is 0.494 e. The van der Waals surface area contributed by atoms with Crippen LogP contribution in [0.4, 0.5) is 0 Å². The summed E-state index contributed by atoms with van der Waals surface area (Å²) in [5.74, 6) is 1.63. The van der Waals surface area contributed by atoms with Crippen molar-refractivity contribution in [3.63, 3.8) is 0 Å². The maximum absolute atomic E-state index is 13.0. The number of ether oxygens (including phenoxy) is 1. The molecule has 2 heterocycles. The Labute approximate surface area is 166 Å². The van der Waals surface area contributed by atoms with Crippen LogP contribution in [-0.2, 0) is 11.3 Å². The van der Waals surface area contributed by atoms with Crippen molar-refractivity contribution in [1.29, 1.82) is 5.26 Å². The van der Waals surface area contributed by atoms with E-state index in [2.05, 4.69) is 23.1 Å². The monoisotopic (exact) mass is 381 g/mol. The molecule has 3 rings (SSSR count). The summed E-state index contributed by atoms with van der Waals surface area (Å²) in [6.07, 6.45) is 4.03. The lowest BCUT2D eigenvalue weighted by Gasteiger charge is -2.28. The van der Waals surface area contributed by atoms with Crippen LogP contribution in [0.2, 0.25) is 0 Å². The van der Waals surface area contributed by atoms with Gasteiger partial charge in [0.15, 0.2) is 0 Å². The smallest absolute Gasteiger partial charge is 0.237 e. The number of carbonyl (C=O) groups is 1. The molecule has 2 aromatic rings. The molecule has 0 saturated carbocycles. The van der Waals surface area contributed by atoms with Gasteiger partial charge in [-0.15, -0.1) is 0 Å². The number of carbonyl (C=O) groups excluding carboxylic acids is 1. The Bertz CT molecular complexity index is 780. The number of furan rings is 1. The highest BCUT2D eigenvalue weighted by Gasteiger charge is 2.29. The van der Waals surface area contributed by atoms with Gasteiger partial charge in [0.2, 0.25) is 5.91 Å². The summed E-state index contributed by atoms with van der Waals surface area (Å²) in [7, 11) is 0. The highest BCUT2D eigenvalue weighted by atomic mass is 16.5. The van der Waals surface area contributed by atoms with E-state index < -0.39 is 0 Å². The van der Waals surface area contributed by atoms with Crippen LogP contribution in [-0.4, -0.2) is 41.9 Å². The van der Waals surface area contributed by atoms with Gasteiger partial charge in [0, 0.05) is 12.6 Å². The fraction of sp³-hybridized carbons (Fsp3) is 0.455. The summed E-state index contributed by atoms with van der Waals surface area (Å²) < 4.78 is 10.9. The first-order chi connectivity index (χ1) is 13.7. The molecule has 0 spiro atoms. The molecule has 0 unspecified atom stereocenters.